The van der Waals surface area contributed by atoms with Crippen LogP contribution >= 0.6 is 0 Å². The summed E-state index contributed by atoms with van der Waals surface area (Å²) in [6.07, 6.45) is 8.94. The fraction of sp³-hybridized carbons (Fsp3) is 0.216. The summed E-state index contributed by atoms with van der Waals surface area (Å²) in [6, 6.07) is 33.5. The lowest BCUT2D eigenvalue weighted by Gasteiger charge is -2.25. The van der Waals surface area contributed by atoms with Gasteiger partial charge in [0.15, 0.2) is 7.28 Å². The van der Waals surface area contributed by atoms with Crippen LogP contribution in [-0.4, -0.2) is 12.3 Å². The molecule has 6 aromatic rings. The third kappa shape index (κ3) is 5.54. The molecule has 8 rings (SSSR count). The summed E-state index contributed by atoms with van der Waals surface area (Å²) in [5.41, 5.74) is 26.0. The molecule has 2 aliphatic carbocycles. The van der Waals surface area contributed by atoms with Crippen LogP contribution in [0.1, 0.15) is 90.7 Å². The number of fused-ring (bicyclic) bond motifs is 4. The van der Waals surface area contributed by atoms with Crippen LogP contribution in [0.25, 0.3) is 56.0 Å². The van der Waals surface area contributed by atoms with Crippen molar-refractivity contribution in [2.45, 2.75) is 73.6 Å². The maximum absolute atomic E-state index is 4.09. The largest absolute Gasteiger partial charge is 0.357 e. The van der Waals surface area contributed by atoms with Gasteiger partial charge >= 0.3 is 0 Å². The van der Waals surface area contributed by atoms with Gasteiger partial charge in [-0.05, 0) is 127 Å². The number of allylic oxidation sites excluding steroid dienone is 6. The van der Waals surface area contributed by atoms with Crippen molar-refractivity contribution in [3.63, 3.8) is 0 Å². The van der Waals surface area contributed by atoms with E-state index in [1.807, 2.05) is 6.08 Å². The highest BCUT2D eigenvalue weighted by Crippen LogP contribution is 2.53. The molecular formula is C51H49BN. The van der Waals surface area contributed by atoms with Crippen molar-refractivity contribution in [2.24, 2.45) is 0 Å². The van der Waals surface area contributed by atoms with E-state index in [9.17, 15) is 0 Å². The zero-order valence-corrected chi connectivity index (χ0v) is 32.6. The summed E-state index contributed by atoms with van der Waals surface area (Å²) in [6.45, 7) is 22.5. The summed E-state index contributed by atoms with van der Waals surface area (Å²) >= 11 is 0. The van der Waals surface area contributed by atoms with Gasteiger partial charge < -0.3 is 4.98 Å². The molecule has 261 valence electrons. The minimum absolute atomic E-state index is 0.0244. The average molecular weight is 687 g/mol. The lowest BCUT2D eigenvalue weighted by Crippen LogP contribution is -2.33. The van der Waals surface area contributed by atoms with Gasteiger partial charge in [0, 0.05) is 27.6 Å². The third-order valence-electron chi connectivity index (χ3n) is 12.6. The molecule has 0 amide bonds. The van der Waals surface area contributed by atoms with E-state index in [-0.39, 0.29) is 5.41 Å². The molecule has 1 N–H and O–H groups in total. The highest BCUT2D eigenvalue weighted by atomic mass is 14.8. The fourth-order valence-electron chi connectivity index (χ4n) is 9.18. The smallest absolute Gasteiger partial charge is 0.192 e. The minimum Gasteiger partial charge on any atom is -0.357 e. The molecule has 0 saturated heterocycles. The van der Waals surface area contributed by atoms with E-state index in [4.69, 9.17) is 0 Å². The molecule has 0 fully saturated rings. The Morgan fingerprint density at radius 3 is 2.23 bits per heavy atom. The number of H-pyrrole nitrogens is 1. The Balaban J connectivity index is 1.34. The van der Waals surface area contributed by atoms with Crippen molar-refractivity contribution >= 4 is 51.9 Å². The molecule has 2 heteroatoms. The van der Waals surface area contributed by atoms with Crippen LogP contribution in [0, 0.1) is 27.7 Å². The van der Waals surface area contributed by atoms with Gasteiger partial charge in [-0.2, -0.15) is 0 Å². The molecule has 1 radical (unpaired) electrons. The Hall–Kier alpha value is -5.34. The summed E-state index contributed by atoms with van der Waals surface area (Å²) in [5, 5.41) is 1.32. The van der Waals surface area contributed by atoms with Gasteiger partial charge in [-0.1, -0.05) is 146 Å². The van der Waals surface area contributed by atoms with Crippen molar-refractivity contribution in [3.05, 3.63) is 166 Å². The van der Waals surface area contributed by atoms with Crippen LogP contribution in [0.3, 0.4) is 0 Å². The van der Waals surface area contributed by atoms with Crippen LogP contribution < -0.4 is 10.9 Å². The lowest BCUT2D eigenvalue weighted by molar-refractivity contribution is 0.592. The Morgan fingerprint density at radius 2 is 1.43 bits per heavy atom. The van der Waals surface area contributed by atoms with Crippen LogP contribution in [0.4, 0.5) is 0 Å². The van der Waals surface area contributed by atoms with Gasteiger partial charge in [0.25, 0.3) is 0 Å². The van der Waals surface area contributed by atoms with E-state index in [1.54, 1.807) is 5.57 Å². The van der Waals surface area contributed by atoms with E-state index in [1.165, 1.54) is 105 Å². The maximum Gasteiger partial charge on any atom is 0.192 e. The predicted octanol–water partition coefficient (Wildman–Crippen LogP) is 12.4. The molecule has 0 bridgehead atoms. The first-order valence-corrected chi connectivity index (χ1v) is 19.1. The number of aromatic amines is 1. The van der Waals surface area contributed by atoms with Crippen LogP contribution in [-0.2, 0) is 5.41 Å². The Kier molecular flexibility index (Phi) is 8.69. The Morgan fingerprint density at radius 1 is 0.736 bits per heavy atom. The standard InChI is InChI=1S/C51H49BN/c1-10-36-20-12-14-22-39(36)32(4)31(3)38-24-18-28-46(35(38)7)52-48-34(6)33(5)43(37-21-13-11-19-30(37)2)29-44(48)40-25-17-26-42-47-41-23-15-16-27-45(41)51(8,9)50(47)53-49(40)42/h10-15,17-26,28-29,53H,1,16,27H2,2-9H3/b32-31+. The quantitative estimate of drug-likeness (QED) is 0.127. The molecule has 1 aromatic heterocycles. The van der Waals surface area contributed by atoms with Crippen LogP contribution in [0.5, 0.6) is 0 Å². The van der Waals surface area contributed by atoms with E-state index in [2.05, 4.69) is 177 Å². The van der Waals surface area contributed by atoms with E-state index in [0.717, 1.165) is 18.4 Å². The molecule has 1 nitrogen and oxygen atoms in total. The van der Waals surface area contributed by atoms with Crippen molar-refractivity contribution in [2.75, 3.05) is 0 Å². The molecule has 0 spiro atoms. The van der Waals surface area contributed by atoms with Crippen LogP contribution in [0.2, 0.25) is 0 Å². The second-order valence-electron chi connectivity index (χ2n) is 15.7. The predicted molar refractivity (Wildman–Crippen MR) is 233 cm³/mol. The van der Waals surface area contributed by atoms with E-state index in [0.29, 0.717) is 0 Å². The first-order valence-electron chi connectivity index (χ1n) is 19.1. The van der Waals surface area contributed by atoms with E-state index < -0.39 is 0 Å². The number of nitrogens with one attached hydrogen (secondary N) is 1. The minimum atomic E-state index is -0.0244. The van der Waals surface area contributed by atoms with E-state index >= 15 is 0 Å². The van der Waals surface area contributed by atoms with Crippen molar-refractivity contribution in [3.8, 4) is 22.3 Å². The summed E-state index contributed by atoms with van der Waals surface area (Å²) in [4.78, 5) is 4.06. The second-order valence-corrected chi connectivity index (χ2v) is 15.7. The van der Waals surface area contributed by atoms with Gasteiger partial charge in [0.05, 0.1) is 5.52 Å². The van der Waals surface area contributed by atoms with Crippen LogP contribution in [0.15, 0.2) is 115 Å². The number of aryl methyl sites for hydroxylation is 1. The molecule has 5 aromatic carbocycles. The number of hydrogen-bond donors (Lipinski definition) is 1. The van der Waals surface area contributed by atoms with Crippen molar-refractivity contribution in [1.29, 1.82) is 0 Å². The highest BCUT2D eigenvalue weighted by Gasteiger charge is 2.40. The van der Waals surface area contributed by atoms with Gasteiger partial charge in [-0.3, -0.25) is 0 Å². The number of aromatic nitrogens is 1. The molecular weight excluding hydrogens is 637 g/mol. The molecule has 53 heavy (non-hydrogen) atoms. The molecule has 0 atom stereocenters. The number of para-hydroxylation sites is 1. The zero-order valence-electron chi connectivity index (χ0n) is 32.6. The third-order valence-corrected chi connectivity index (χ3v) is 12.6. The van der Waals surface area contributed by atoms with Crippen molar-refractivity contribution < 1.29 is 0 Å². The zero-order chi connectivity index (χ0) is 37.2. The first-order chi connectivity index (χ1) is 25.5. The summed E-state index contributed by atoms with van der Waals surface area (Å²) < 4.78 is 0. The maximum atomic E-state index is 4.09. The SMILES string of the molecule is C=Cc1ccccc1/C(C)=C(\C)c1cccc([B]c2c(-c3cccc4c5c([nH]c34)C(C)(C)C3=C5C=CCC3)cc(-c3ccccc3C)c(C)c2C)c1C. The van der Waals surface area contributed by atoms with Gasteiger partial charge in [-0.15, -0.1) is 0 Å². The fourth-order valence-corrected chi connectivity index (χ4v) is 9.18. The van der Waals surface area contributed by atoms with Crippen molar-refractivity contribution in [1.82, 2.24) is 4.98 Å². The lowest BCUT2D eigenvalue weighted by atomic mass is 9.57. The second kappa shape index (κ2) is 13.3. The molecule has 0 unspecified atom stereocenters. The highest BCUT2D eigenvalue weighted by molar-refractivity contribution is 6.70. The average Bonchev–Trinajstić information content (AvgIpc) is 3.67. The number of hydrogen-bond acceptors (Lipinski definition) is 0. The first kappa shape index (κ1) is 34.7. The number of benzene rings is 5. The van der Waals surface area contributed by atoms with Gasteiger partial charge in [0.2, 0.25) is 0 Å². The molecule has 1 heterocycles. The Bertz CT molecular complexity index is 2580. The molecule has 0 saturated carbocycles. The normalized spacial score (nSPS) is 15.0. The number of rotatable bonds is 7. The summed E-state index contributed by atoms with van der Waals surface area (Å²) in [5.74, 6) is 0. The van der Waals surface area contributed by atoms with Gasteiger partial charge in [-0.25, -0.2) is 0 Å². The topological polar surface area (TPSA) is 15.8 Å². The molecule has 2 aliphatic rings. The van der Waals surface area contributed by atoms with Gasteiger partial charge in [0.1, 0.15) is 0 Å². The summed E-state index contributed by atoms with van der Waals surface area (Å²) in [7, 11) is 2.45. The molecule has 0 aliphatic heterocycles. The Labute approximate surface area is 317 Å². The monoisotopic (exact) mass is 686 g/mol.